The highest BCUT2D eigenvalue weighted by Crippen LogP contribution is 2.49. The van der Waals surface area contributed by atoms with Crippen molar-refractivity contribution in [3.63, 3.8) is 0 Å². The number of rotatable bonds is 6. The van der Waals surface area contributed by atoms with Crippen molar-refractivity contribution in [2.24, 2.45) is 5.92 Å². The van der Waals surface area contributed by atoms with E-state index < -0.39 is 15.6 Å². The van der Waals surface area contributed by atoms with Crippen LogP contribution < -0.4 is 9.93 Å². The predicted octanol–water partition coefficient (Wildman–Crippen LogP) is 4.83. The van der Waals surface area contributed by atoms with Crippen LogP contribution in [0.25, 0.3) is 0 Å². The summed E-state index contributed by atoms with van der Waals surface area (Å²) < 4.78 is 33.0. The number of aryl methyl sites for hydroxylation is 1. The van der Waals surface area contributed by atoms with Gasteiger partial charge in [0.1, 0.15) is 11.5 Å². The first-order valence-electron chi connectivity index (χ1n) is 11.7. The summed E-state index contributed by atoms with van der Waals surface area (Å²) in [4.78, 5) is 17.1. The number of nitrogens with zero attached hydrogens (tertiary/aromatic N) is 2. The number of anilines is 1. The lowest BCUT2D eigenvalue weighted by molar-refractivity contribution is 0.382. The van der Waals surface area contributed by atoms with E-state index in [1.807, 2.05) is 6.07 Å². The minimum Gasteiger partial charge on any atom is -0.507 e. The molecule has 1 unspecified atom stereocenters. The van der Waals surface area contributed by atoms with Crippen molar-refractivity contribution < 1.29 is 17.9 Å². The SMILES string of the molecule is CN(c1cccc(C(c2c(O)c3c(oc2=O)CCCCCC3)C2CC2)c1)S(=O)(=O)c1cscn1. The van der Waals surface area contributed by atoms with Gasteiger partial charge >= 0.3 is 5.63 Å². The quantitative estimate of drug-likeness (QED) is 0.520. The molecule has 0 amide bonds. The van der Waals surface area contributed by atoms with E-state index in [-0.39, 0.29) is 22.6 Å². The normalized spacial score (nSPS) is 17.4. The molecule has 0 saturated heterocycles. The Kier molecular flexibility index (Phi) is 6.24. The summed E-state index contributed by atoms with van der Waals surface area (Å²) in [7, 11) is -2.30. The van der Waals surface area contributed by atoms with Crippen molar-refractivity contribution in [3.8, 4) is 5.75 Å². The third-order valence-electron chi connectivity index (χ3n) is 6.93. The van der Waals surface area contributed by atoms with E-state index >= 15 is 0 Å². The molecule has 5 rings (SSSR count). The summed E-state index contributed by atoms with van der Waals surface area (Å²) >= 11 is 1.22. The minimum absolute atomic E-state index is 0.00380. The summed E-state index contributed by atoms with van der Waals surface area (Å²) in [5.74, 6) is 0.542. The van der Waals surface area contributed by atoms with E-state index in [1.165, 1.54) is 33.6 Å². The molecule has 1 fully saturated rings. The molecule has 9 heteroatoms. The van der Waals surface area contributed by atoms with Crippen LogP contribution in [0.1, 0.15) is 66.9 Å². The standard InChI is InChI=1S/C25H28N2O5S2/c1-27(34(30,31)21-14-33-15-26-21)18-8-6-7-17(13-18)22(16-11-12-16)23-24(28)19-9-4-2-3-5-10-20(19)32-25(23)29/h6-8,13-16,22,28H,2-5,9-12H2,1H3. The third-order valence-corrected chi connectivity index (χ3v) is 9.35. The van der Waals surface area contributed by atoms with Crippen molar-refractivity contribution in [1.82, 2.24) is 4.98 Å². The van der Waals surface area contributed by atoms with E-state index in [0.717, 1.165) is 49.7 Å². The van der Waals surface area contributed by atoms with Crippen LogP contribution in [-0.2, 0) is 22.9 Å². The fourth-order valence-electron chi connectivity index (χ4n) is 4.92. The summed E-state index contributed by atoms with van der Waals surface area (Å²) in [6.07, 6.45) is 7.35. The van der Waals surface area contributed by atoms with Crippen molar-refractivity contribution in [2.75, 3.05) is 11.4 Å². The average molecular weight is 501 g/mol. The molecule has 0 spiro atoms. The Balaban J connectivity index is 1.57. The van der Waals surface area contributed by atoms with Crippen LogP contribution in [0.2, 0.25) is 0 Å². The van der Waals surface area contributed by atoms with Gasteiger partial charge in [0, 0.05) is 30.3 Å². The molecule has 2 aliphatic rings. The van der Waals surface area contributed by atoms with E-state index in [0.29, 0.717) is 29.9 Å². The summed E-state index contributed by atoms with van der Waals surface area (Å²) in [5, 5.41) is 12.8. The van der Waals surface area contributed by atoms with Gasteiger partial charge < -0.3 is 9.52 Å². The van der Waals surface area contributed by atoms with Gasteiger partial charge in [-0.2, -0.15) is 8.42 Å². The van der Waals surface area contributed by atoms with Crippen LogP contribution in [0.3, 0.4) is 0 Å². The minimum atomic E-state index is -3.79. The van der Waals surface area contributed by atoms with Gasteiger partial charge in [0.15, 0.2) is 5.03 Å². The van der Waals surface area contributed by atoms with Crippen LogP contribution in [0.15, 0.2) is 49.4 Å². The third kappa shape index (κ3) is 4.27. The molecule has 0 aliphatic heterocycles. The summed E-state index contributed by atoms with van der Waals surface area (Å²) in [6, 6.07) is 7.20. The van der Waals surface area contributed by atoms with Gasteiger partial charge in [0.2, 0.25) is 0 Å². The van der Waals surface area contributed by atoms with Gasteiger partial charge in [-0.25, -0.2) is 9.78 Å². The summed E-state index contributed by atoms with van der Waals surface area (Å²) in [5.41, 5.74) is 3.36. The molecule has 1 aromatic carbocycles. The number of aromatic nitrogens is 1. The first-order valence-corrected chi connectivity index (χ1v) is 14.1. The zero-order valence-corrected chi connectivity index (χ0v) is 20.7. The van der Waals surface area contributed by atoms with Gasteiger partial charge in [-0.15, -0.1) is 11.3 Å². The first-order chi connectivity index (χ1) is 16.4. The zero-order chi connectivity index (χ0) is 23.9. The van der Waals surface area contributed by atoms with Crippen molar-refractivity contribution in [3.05, 3.63) is 68.0 Å². The predicted molar refractivity (Wildman–Crippen MR) is 131 cm³/mol. The Morgan fingerprint density at radius 3 is 2.65 bits per heavy atom. The Labute approximate surface area is 203 Å². The van der Waals surface area contributed by atoms with Crippen molar-refractivity contribution in [1.29, 1.82) is 0 Å². The van der Waals surface area contributed by atoms with Gasteiger partial charge in [0.05, 0.1) is 16.8 Å². The Morgan fingerprint density at radius 2 is 1.94 bits per heavy atom. The van der Waals surface area contributed by atoms with E-state index in [2.05, 4.69) is 4.98 Å². The topological polar surface area (TPSA) is 101 Å². The molecular formula is C25H28N2O5S2. The monoisotopic (exact) mass is 500 g/mol. The lowest BCUT2D eigenvalue weighted by atomic mass is 9.85. The number of sulfonamides is 1. The molecule has 1 atom stereocenters. The highest BCUT2D eigenvalue weighted by atomic mass is 32.2. The number of hydrogen-bond donors (Lipinski definition) is 1. The maximum absolute atomic E-state index is 13.2. The fourth-order valence-corrected chi connectivity index (χ4v) is 6.91. The molecule has 180 valence electrons. The average Bonchev–Trinajstić information content (AvgIpc) is 3.47. The molecule has 0 radical (unpaired) electrons. The van der Waals surface area contributed by atoms with Gasteiger partial charge in [-0.1, -0.05) is 25.0 Å². The smallest absolute Gasteiger partial charge is 0.343 e. The van der Waals surface area contributed by atoms with Gasteiger partial charge in [-0.3, -0.25) is 4.31 Å². The fraction of sp³-hybridized carbons (Fsp3) is 0.440. The summed E-state index contributed by atoms with van der Waals surface area (Å²) in [6.45, 7) is 0. The molecule has 1 saturated carbocycles. The first kappa shape index (κ1) is 23.1. The largest absolute Gasteiger partial charge is 0.507 e. The van der Waals surface area contributed by atoms with Crippen LogP contribution in [0.5, 0.6) is 5.75 Å². The van der Waals surface area contributed by atoms with Gasteiger partial charge in [-0.05, 0) is 55.7 Å². The second-order valence-corrected chi connectivity index (χ2v) is 11.8. The number of thiazole rings is 1. The van der Waals surface area contributed by atoms with E-state index in [4.69, 9.17) is 4.42 Å². The number of fused-ring (bicyclic) bond motifs is 1. The molecule has 2 aliphatic carbocycles. The molecule has 1 N–H and O–H groups in total. The highest BCUT2D eigenvalue weighted by Gasteiger charge is 2.39. The van der Waals surface area contributed by atoms with Crippen LogP contribution in [0, 0.1) is 5.92 Å². The molecule has 2 aromatic heterocycles. The molecule has 7 nitrogen and oxygen atoms in total. The Morgan fingerprint density at radius 1 is 1.18 bits per heavy atom. The lowest BCUT2D eigenvalue weighted by Crippen LogP contribution is -2.27. The van der Waals surface area contributed by atoms with E-state index in [1.54, 1.807) is 18.2 Å². The molecule has 0 bridgehead atoms. The highest BCUT2D eigenvalue weighted by molar-refractivity contribution is 7.92. The maximum Gasteiger partial charge on any atom is 0.343 e. The van der Waals surface area contributed by atoms with Gasteiger partial charge in [0.25, 0.3) is 10.0 Å². The zero-order valence-electron chi connectivity index (χ0n) is 19.1. The van der Waals surface area contributed by atoms with Crippen molar-refractivity contribution >= 4 is 27.0 Å². The van der Waals surface area contributed by atoms with Crippen LogP contribution in [0.4, 0.5) is 5.69 Å². The molecular weight excluding hydrogens is 472 g/mol. The maximum atomic E-state index is 13.2. The number of aromatic hydroxyl groups is 1. The number of benzene rings is 1. The second-order valence-electron chi connectivity index (χ2n) is 9.18. The Bertz CT molecular complexity index is 1340. The second kappa shape index (κ2) is 9.19. The Hall–Kier alpha value is -2.65. The molecule has 2 heterocycles. The lowest BCUT2D eigenvalue weighted by Gasteiger charge is -2.23. The van der Waals surface area contributed by atoms with Crippen LogP contribution >= 0.6 is 11.3 Å². The van der Waals surface area contributed by atoms with Crippen LogP contribution in [-0.4, -0.2) is 25.6 Å². The van der Waals surface area contributed by atoms with E-state index in [9.17, 15) is 18.3 Å². The molecule has 34 heavy (non-hydrogen) atoms. The molecule has 3 aromatic rings. The number of hydrogen-bond acceptors (Lipinski definition) is 7. The van der Waals surface area contributed by atoms with Crippen molar-refractivity contribution in [2.45, 2.75) is 62.3 Å².